The summed E-state index contributed by atoms with van der Waals surface area (Å²) in [6.45, 7) is 1.31. The number of aromatic amines is 1. The van der Waals surface area contributed by atoms with Crippen LogP contribution in [0.3, 0.4) is 0 Å². The van der Waals surface area contributed by atoms with Gasteiger partial charge in [0.25, 0.3) is 5.91 Å². The summed E-state index contributed by atoms with van der Waals surface area (Å²) in [5.41, 5.74) is 0.121. The van der Waals surface area contributed by atoms with Crippen LogP contribution < -0.4 is 10.9 Å². The van der Waals surface area contributed by atoms with Crippen molar-refractivity contribution < 1.29 is 14.3 Å². The summed E-state index contributed by atoms with van der Waals surface area (Å²) in [4.78, 5) is 25.7. The number of carbonyl (C=O) groups excluding carboxylic acids is 1. The van der Waals surface area contributed by atoms with Crippen LogP contribution in [-0.2, 0) is 9.47 Å². The molecule has 0 unspecified atom stereocenters. The molecule has 1 aliphatic heterocycles. The number of carbonyl (C=O) groups is 1. The van der Waals surface area contributed by atoms with E-state index in [0.717, 1.165) is 25.7 Å². The highest BCUT2D eigenvalue weighted by Crippen LogP contribution is 2.35. The molecule has 108 valence electrons. The molecule has 2 fully saturated rings. The molecule has 1 spiro atoms. The van der Waals surface area contributed by atoms with Crippen molar-refractivity contribution in [3.63, 3.8) is 0 Å². The van der Waals surface area contributed by atoms with Gasteiger partial charge in [0.05, 0.1) is 13.2 Å². The molecular formula is C14H18N2O4. The molecule has 0 aromatic carbocycles. The summed E-state index contributed by atoms with van der Waals surface area (Å²) in [6.07, 6.45) is 4.73. The second kappa shape index (κ2) is 5.38. The average Bonchev–Trinajstić information content (AvgIpc) is 2.90. The van der Waals surface area contributed by atoms with Crippen LogP contribution in [0.25, 0.3) is 0 Å². The van der Waals surface area contributed by atoms with Crippen LogP contribution in [-0.4, -0.2) is 35.9 Å². The third kappa shape index (κ3) is 2.76. The molecule has 1 saturated heterocycles. The molecule has 0 radical (unpaired) electrons. The maximum absolute atomic E-state index is 12.1. The van der Waals surface area contributed by atoms with Gasteiger partial charge in [-0.3, -0.25) is 9.59 Å². The molecule has 2 aliphatic rings. The van der Waals surface area contributed by atoms with E-state index in [9.17, 15) is 9.59 Å². The van der Waals surface area contributed by atoms with Crippen molar-refractivity contribution in [2.24, 2.45) is 0 Å². The van der Waals surface area contributed by atoms with Crippen molar-refractivity contribution >= 4 is 5.91 Å². The number of ether oxygens (including phenoxy) is 2. The highest BCUT2D eigenvalue weighted by Gasteiger charge is 2.40. The molecule has 2 heterocycles. The predicted octanol–water partition coefficient (Wildman–Crippen LogP) is 0.790. The zero-order chi connectivity index (χ0) is 14.0. The molecular weight excluding hydrogens is 260 g/mol. The number of aromatic nitrogens is 1. The topological polar surface area (TPSA) is 80.4 Å². The Kier molecular flexibility index (Phi) is 3.58. The van der Waals surface area contributed by atoms with Crippen molar-refractivity contribution in [3.05, 3.63) is 34.2 Å². The molecule has 6 nitrogen and oxygen atoms in total. The maximum atomic E-state index is 12.1. The van der Waals surface area contributed by atoms with Crippen molar-refractivity contribution in [1.29, 1.82) is 0 Å². The van der Waals surface area contributed by atoms with Crippen LogP contribution in [0, 0.1) is 0 Å². The van der Waals surface area contributed by atoms with Gasteiger partial charge in [0.1, 0.15) is 0 Å². The third-order valence-corrected chi connectivity index (χ3v) is 3.93. The Morgan fingerprint density at radius 1 is 1.30 bits per heavy atom. The first-order valence-electron chi connectivity index (χ1n) is 6.94. The lowest BCUT2D eigenvalue weighted by atomic mass is 9.90. The number of hydrogen-bond donors (Lipinski definition) is 2. The number of H-pyrrole nitrogens is 1. The minimum Gasteiger partial charge on any atom is -0.349 e. The van der Waals surface area contributed by atoms with Crippen LogP contribution in [0.2, 0.25) is 0 Å². The van der Waals surface area contributed by atoms with E-state index in [1.54, 1.807) is 6.07 Å². The smallest absolute Gasteiger partial charge is 0.251 e. The molecule has 1 amide bonds. The van der Waals surface area contributed by atoms with Crippen LogP contribution in [0.4, 0.5) is 0 Å². The summed E-state index contributed by atoms with van der Waals surface area (Å²) in [7, 11) is 0. The van der Waals surface area contributed by atoms with Crippen molar-refractivity contribution in [2.45, 2.75) is 37.5 Å². The van der Waals surface area contributed by atoms with Crippen LogP contribution in [0.5, 0.6) is 0 Å². The first-order chi connectivity index (χ1) is 9.67. The van der Waals surface area contributed by atoms with Gasteiger partial charge in [-0.2, -0.15) is 0 Å². The lowest BCUT2D eigenvalue weighted by Crippen LogP contribution is -2.44. The van der Waals surface area contributed by atoms with Crippen LogP contribution in [0.15, 0.2) is 23.1 Å². The second-order valence-electron chi connectivity index (χ2n) is 5.30. The molecule has 3 rings (SSSR count). The van der Waals surface area contributed by atoms with Gasteiger partial charge in [-0.25, -0.2) is 0 Å². The molecule has 0 bridgehead atoms. The minimum atomic E-state index is -0.412. The third-order valence-electron chi connectivity index (χ3n) is 3.93. The summed E-state index contributed by atoms with van der Waals surface area (Å²) < 4.78 is 11.3. The molecule has 20 heavy (non-hydrogen) atoms. The predicted molar refractivity (Wildman–Crippen MR) is 71.4 cm³/mol. The second-order valence-corrected chi connectivity index (χ2v) is 5.30. The fraction of sp³-hybridized carbons (Fsp3) is 0.571. The summed E-state index contributed by atoms with van der Waals surface area (Å²) in [5, 5.41) is 2.97. The lowest BCUT2D eigenvalue weighted by Gasteiger charge is -2.35. The Labute approximate surface area is 116 Å². The van der Waals surface area contributed by atoms with Gasteiger partial charge >= 0.3 is 0 Å². The Morgan fingerprint density at radius 2 is 2.00 bits per heavy atom. The van der Waals surface area contributed by atoms with Crippen LogP contribution >= 0.6 is 0 Å². The lowest BCUT2D eigenvalue weighted by molar-refractivity contribution is -0.179. The molecule has 1 aliphatic carbocycles. The maximum Gasteiger partial charge on any atom is 0.251 e. The van der Waals surface area contributed by atoms with Gasteiger partial charge in [0.2, 0.25) is 5.56 Å². The Balaban J connectivity index is 1.57. The zero-order valence-corrected chi connectivity index (χ0v) is 11.2. The highest BCUT2D eigenvalue weighted by molar-refractivity contribution is 5.94. The molecule has 1 saturated carbocycles. The quantitative estimate of drug-likeness (QED) is 0.838. The largest absolute Gasteiger partial charge is 0.349 e. The van der Waals surface area contributed by atoms with E-state index in [-0.39, 0.29) is 17.5 Å². The zero-order valence-electron chi connectivity index (χ0n) is 11.2. The molecule has 2 N–H and O–H groups in total. The summed E-state index contributed by atoms with van der Waals surface area (Å²) in [6, 6.07) is 3.02. The number of pyridine rings is 1. The van der Waals surface area contributed by atoms with E-state index in [0.29, 0.717) is 18.8 Å². The molecule has 0 atom stereocenters. The van der Waals surface area contributed by atoms with E-state index in [2.05, 4.69) is 10.3 Å². The van der Waals surface area contributed by atoms with Crippen LogP contribution in [0.1, 0.15) is 36.0 Å². The average molecular weight is 278 g/mol. The van der Waals surface area contributed by atoms with E-state index < -0.39 is 5.79 Å². The summed E-state index contributed by atoms with van der Waals surface area (Å²) >= 11 is 0. The standard InChI is InChI=1S/C14H18N2O4/c17-12-9-10(3-6-15-12)13(18)16-11-1-4-14(5-2-11)19-7-8-20-14/h3,6,9,11H,1-2,4-5,7-8H2,(H,15,17)(H,16,18). The SMILES string of the molecule is O=C(NC1CCC2(CC1)OCCO2)c1cc[nH]c(=O)c1. The monoisotopic (exact) mass is 278 g/mol. The molecule has 6 heteroatoms. The van der Waals surface area contributed by atoms with Gasteiger partial charge in [-0.05, 0) is 18.9 Å². The number of amides is 1. The Morgan fingerprint density at radius 3 is 2.65 bits per heavy atom. The van der Waals surface area contributed by atoms with Crippen molar-refractivity contribution in [1.82, 2.24) is 10.3 Å². The van der Waals surface area contributed by atoms with Gasteiger partial charge in [0, 0.05) is 36.7 Å². The first-order valence-corrected chi connectivity index (χ1v) is 6.94. The number of rotatable bonds is 2. The first kappa shape index (κ1) is 13.3. The molecule has 1 aromatic heterocycles. The van der Waals surface area contributed by atoms with E-state index >= 15 is 0 Å². The van der Waals surface area contributed by atoms with E-state index in [1.165, 1.54) is 12.3 Å². The van der Waals surface area contributed by atoms with Gasteiger partial charge < -0.3 is 19.8 Å². The van der Waals surface area contributed by atoms with Gasteiger partial charge in [-0.15, -0.1) is 0 Å². The number of hydrogen-bond acceptors (Lipinski definition) is 4. The van der Waals surface area contributed by atoms with Gasteiger partial charge in [0.15, 0.2) is 5.79 Å². The van der Waals surface area contributed by atoms with Gasteiger partial charge in [-0.1, -0.05) is 0 Å². The van der Waals surface area contributed by atoms with E-state index in [4.69, 9.17) is 9.47 Å². The van der Waals surface area contributed by atoms with Crippen molar-refractivity contribution in [3.8, 4) is 0 Å². The van der Waals surface area contributed by atoms with E-state index in [1.807, 2.05) is 0 Å². The fourth-order valence-electron chi connectivity index (χ4n) is 2.84. The minimum absolute atomic E-state index is 0.111. The normalized spacial score (nSPS) is 22.0. The number of nitrogens with one attached hydrogen (secondary N) is 2. The van der Waals surface area contributed by atoms with Crippen molar-refractivity contribution in [2.75, 3.05) is 13.2 Å². The summed E-state index contributed by atoms with van der Waals surface area (Å²) in [5.74, 6) is -0.615. The fourth-order valence-corrected chi connectivity index (χ4v) is 2.84. The Hall–Kier alpha value is -1.66. The Bertz CT molecular complexity index is 538. The highest BCUT2D eigenvalue weighted by atomic mass is 16.7. The molecule has 1 aromatic rings.